The standard InChI is InChI=1S/C13H19NO2S/c1-9(12-6-3-7-17-12)8-14-13(16)10-4-2-5-11(10)15/h3,6-7,9-11,15H,2,4-5,8H2,1H3,(H,14,16). The highest BCUT2D eigenvalue weighted by Crippen LogP contribution is 2.26. The summed E-state index contributed by atoms with van der Waals surface area (Å²) in [6, 6.07) is 4.12. The predicted octanol–water partition coefficient (Wildman–Crippen LogP) is 2.13. The Labute approximate surface area is 106 Å². The number of nitrogens with one attached hydrogen (secondary N) is 1. The summed E-state index contributed by atoms with van der Waals surface area (Å²) in [6.45, 7) is 2.76. The third kappa shape index (κ3) is 3.07. The van der Waals surface area contributed by atoms with Gasteiger partial charge in [0.2, 0.25) is 5.91 Å². The van der Waals surface area contributed by atoms with Crippen LogP contribution in [0.3, 0.4) is 0 Å². The summed E-state index contributed by atoms with van der Waals surface area (Å²) in [4.78, 5) is 13.2. The summed E-state index contributed by atoms with van der Waals surface area (Å²) >= 11 is 1.71. The van der Waals surface area contributed by atoms with Gasteiger partial charge in [-0.3, -0.25) is 4.79 Å². The topological polar surface area (TPSA) is 49.3 Å². The van der Waals surface area contributed by atoms with Crippen LogP contribution in [0.2, 0.25) is 0 Å². The van der Waals surface area contributed by atoms with E-state index in [9.17, 15) is 9.90 Å². The van der Waals surface area contributed by atoms with Crippen LogP contribution in [0.5, 0.6) is 0 Å². The minimum Gasteiger partial charge on any atom is -0.392 e. The van der Waals surface area contributed by atoms with Crippen LogP contribution < -0.4 is 5.32 Å². The van der Waals surface area contributed by atoms with Gasteiger partial charge in [0.15, 0.2) is 0 Å². The molecule has 3 nitrogen and oxygen atoms in total. The quantitative estimate of drug-likeness (QED) is 0.863. The molecule has 2 rings (SSSR count). The molecule has 4 heteroatoms. The third-order valence-electron chi connectivity index (χ3n) is 3.43. The summed E-state index contributed by atoms with van der Waals surface area (Å²) in [5, 5.41) is 14.7. The molecular formula is C13H19NO2S. The van der Waals surface area contributed by atoms with E-state index >= 15 is 0 Å². The van der Waals surface area contributed by atoms with E-state index in [4.69, 9.17) is 0 Å². The maximum Gasteiger partial charge on any atom is 0.225 e. The number of thiophene rings is 1. The molecule has 1 aliphatic carbocycles. The minimum atomic E-state index is -0.438. The van der Waals surface area contributed by atoms with Crippen molar-refractivity contribution in [3.8, 4) is 0 Å². The summed E-state index contributed by atoms with van der Waals surface area (Å²) in [5.74, 6) is 0.168. The molecule has 1 saturated carbocycles. The molecule has 1 aliphatic rings. The van der Waals surface area contributed by atoms with Crippen LogP contribution in [0.15, 0.2) is 17.5 Å². The van der Waals surface area contributed by atoms with Gasteiger partial charge in [-0.1, -0.05) is 13.0 Å². The summed E-state index contributed by atoms with van der Waals surface area (Å²) in [7, 11) is 0. The maximum absolute atomic E-state index is 11.9. The molecule has 0 radical (unpaired) electrons. The Morgan fingerprint density at radius 2 is 2.47 bits per heavy atom. The average molecular weight is 253 g/mol. The van der Waals surface area contributed by atoms with E-state index in [0.29, 0.717) is 12.5 Å². The van der Waals surface area contributed by atoms with Crippen LogP contribution in [0.4, 0.5) is 0 Å². The Kier molecular flexibility index (Phi) is 4.18. The van der Waals surface area contributed by atoms with E-state index in [1.807, 2.05) is 11.4 Å². The zero-order valence-corrected chi connectivity index (χ0v) is 10.9. The van der Waals surface area contributed by atoms with E-state index in [1.54, 1.807) is 11.3 Å². The fraction of sp³-hybridized carbons (Fsp3) is 0.615. The number of hydrogen-bond acceptors (Lipinski definition) is 3. The summed E-state index contributed by atoms with van der Waals surface area (Å²) in [6.07, 6.45) is 2.10. The third-order valence-corrected chi connectivity index (χ3v) is 4.53. The van der Waals surface area contributed by atoms with E-state index < -0.39 is 6.10 Å². The number of carbonyl (C=O) groups excluding carboxylic acids is 1. The smallest absolute Gasteiger partial charge is 0.225 e. The molecule has 3 unspecified atom stereocenters. The number of carbonyl (C=O) groups is 1. The molecule has 0 bridgehead atoms. The molecule has 17 heavy (non-hydrogen) atoms. The molecule has 1 amide bonds. The molecule has 1 aromatic rings. The van der Waals surface area contributed by atoms with E-state index in [-0.39, 0.29) is 11.8 Å². The fourth-order valence-corrected chi connectivity index (χ4v) is 3.09. The predicted molar refractivity (Wildman–Crippen MR) is 69.1 cm³/mol. The Morgan fingerprint density at radius 1 is 1.65 bits per heavy atom. The number of amides is 1. The molecule has 0 aromatic carbocycles. The van der Waals surface area contributed by atoms with Crippen molar-refractivity contribution < 1.29 is 9.90 Å². The van der Waals surface area contributed by atoms with Crippen molar-refractivity contribution in [2.45, 2.75) is 38.2 Å². The summed E-state index contributed by atoms with van der Waals surface area (Å²) < 4.78 is 0. The summed E-state index contributed by atoms with van der Waals surface area (Å²) in [5.41, 5.74) is 0. The lowest BCUT2D eigenvalue weighted by Crippen LogP contribution is -2.36. The SMILES string of the molecule is CC(CNC(=O)C1CCCC1O)c1cccs1. The van der Waals surface area contributed by atoms with Gasteiger partial charge in [-0.05, 0) is 30.7 Å². The number of rotatable bonds is 4. The highest BCUT2D eigenvalue weighted by atomic mass is 32.1. The first-order valence-corrected chi connectivity index (χ1v) is 7.05. The average Bonchev–Trinajstić information content (AvgIpc) is 2.95. The van der Waals surface area contributed by atoms with Crippen molar-refractivity contribution in [2.24, 2.45) is 5.92 Å². The first-order valence-electron chi connectivity index (χ1n) is 6.17. The molecule has 1 fully saturated rings. The normalized spacial score (nSPS) is 25.8. The first kappa shape index (κ1) is 12.6. The van der Waals surface area contributed by atoms with Crippen LogP contribution in [0, 0.1) is 5.92 Å². The van der Waals surface area contributed by atoms with Crippen molar-refractivity contribution in [3.63, 3.8) is 0 Å². The van der Waals surface area contributed by atoms with Crippen molar-refractivity contribution in [1.29, 1.82) is 0 Å². The van der Waals surface area contributed by atoms with Crippen LogP contribution in [0.1, 0.15) is 37.0 Å². The molecule has 1 heterocycles. The number of aliphatic hydroxyl groups is 1. The van der Waals surface area contributed by atoms with Gasteiger partial charge in [0, 0.05) is 17.3 Å². The Morgan fingerprint density at radius 3 is 3.06 bits per heavy atom. The van der Waals surface area contributed by atoms with Gasteiger partial charge in [0.05, 0.1) is 12.0 Å². The Bertz CT molecular complexity index is 364. The van der Waals surface area contributed by atoms with E-state index in [1.165, 1.54) is 4.88 Å². The fourth-order valence-electron chi connectivity index (χ4n) is 2.30. The number of aliphatic hydroxyl groups excluding tert-OH is 1. The highest BCUT2D eigenvalue weighted by molar-refractivity contribution is 7.10. The zero-order chi connectivity index (χ0) is 12.3. The molecule has 0 aliphatic heterocycles. The molecule has 0 spiro atoms. The minimum absolute atomic E-state index is 0.0124. The van der Waals surface area contributed by atoms with Crippen molar-refractivity contribution in [1.82, 2.24) is 5.32 Å². The lowest BCUT2D eigenvalue weighted by atomic mass is 10.0. The zero-order valence-electron chi connectivity index (χ0n) is 10.1. The van der Waals surface area contributed by atoms with Crippen LogP contribution in [-0.4, -0.2) is 23.7 Å². The second-order valence-corrected chi connectivity index (χ2v) is 5.75. The lowest BCUT2D eigenvalue weighted by molar-refractivity contribution is -0.127. The van der Waals surface area contributed by atoms with Gasteiger partial charge >= 0.3 is 0 Å². The van der Waals surface area contributed by atoms with Crippen molar-refractivity contribution in [3.05, 3.63) is 22.4 Å². The highest BCUT2D eigenvalue weighted by Gasteiger charge is 2.31. The molecule has 1 aromatic heterocycles. The number of hydrogen-bond donors (Lipinski definition) is 2. The van der Waals surface area contributed by atoms with Crippen molar-refractivity contribution >= 4 is 17.2 Å². The van der Waals surface area contributed by atoms with E-state index in [2.05, 4.69) is 18.3 Å². The molecule has 2 N–H and O–H groups in total. The molecule has 3 atom stereocenters. The second kappa shape index (κ2) is 5.65. The molecular weight excluding hydrogens is 234 g/mol. The van der Waals surface area contributed by atoms with Gasteiger partial charge < -0.3 is 10.4 Å². The molecule has 0 saturated heterocycles. The van der Waals surface area contributed by atoms with Crippen LogP contribution >= 0.6 is 11.3 Å². The van der Waals surface area contributed by atoms with Crippen LogP contribution in [0.25, 0.3) is 0 Å². The Hall–Kier alpha value is -0.870. The largest absolute Gasteiger partial charge is 0.392 e. The van der Waals surface area contributed by atoms with Gasteiger partial charge in [-0.15, -0.1) is 11.3 Å². The Balaban J connectivity index is 1.80. The van der Waals surface area contributed by atoms with Gasteiger partial charge in [0.1, 0.15) is 0 Å². The van der Waals surface area contributed by atoms with Crippen molar-refractivity contribution in [2.75, 3.05) is 6.54 Å². The monoisotopic (exact) mass is 253 g/mol. The van der Waals surface area contributed by atoms with Crippen LogP contribution in [-0.2, 0) is 4.79 Å². The lowest BCUT2D eigenvalue weighted by Gasteiger charge is -2.16. The first-order chi connectivity index (χ1) is 8.18. The second-order valence-electron chi connectivity index (χ2n) is 4.77. The van der Waals surface area contributed by atoms with E-state index in [0.717, 1.165) is 19.3 Å². The van der Waals surface area contributed by atoms with Gasteiger partial charge in [0.25, 0.3) is 0 Å². The maximum atomic E-state index is 11.9. The van der Waals surface area contributed by atoms with Gasteiger partial charge in [-0.25, -0.2) is 0 Å². The molecule has 94 valence electrons. The van der Waals surface area contributed by atoms with Gasteiger partial charge in [-0.2, -0.15) is 0 Å².